The van der Waals surface area contributed by atoms with Gasteiger partial charge in [-0.2, -0.15) is 0 Å². The molecule has 0 nitrogen and oxygen atoms in total. The number of rotatable bonds is 3. The van der Waals surface area contributed by atoms with E-state index in [0.717, 1.165) is 20.7 Å². The van der Waals surface area contributed by atoms with Gasteiger partial charge in [-0.05, 0) is 30.7 Å². The lowest BCUT2D eigenvalue weighted by Gasteiger charge is -2.32. The fraction of sp³-hybridized carbons (Fsp3) is 0.667. The van der Waals surface area contributed by atoms with Crippen molar-refractivity contribution >= 4 is 46.1 Å². The van der Waals surface area contributed by atoms with Crippen molar-refractivity contribution in [1.82, 2.24) is 0 Å². The average molecular weight is 298 g/mol. The molecule has 1 fully saturated rings. The Morgan fingerprint density at radius 3 is 2.44 bits per heavy atom. The van der Waals surface area contributed by atoms with Gasteiger partial charge in [-0.15, -0.1) is 22.9 Å². The Balaban J connectivity index is 2.29. The fourth-order valence-electron chi connectivity index (χ4n) is 2.72. The van der Waals surface area contributed by atoms with Gasteiger partial charge in [0, 0.05) is 5.56 Å². The minimum absolute atomic E-state index is 0.0104. The fourth-order valence-corrected chi connectivity index (χ4v) is 4.92. The Morgan fingerprint density at radius 1 is 1.38 bits per heavy atom. The molecule has 4 heteroatoms. The van der Waals surface area contributed by atoms with E-state index in [1.807, 2.05) is 6.07 Å². The van der Waals surface area contributed by atoms with Crippen molar-refractivity contribution in [1.29, 1.82) is 0 Å². The van der Waals surface area contributed by atoms with Crippen LogP contribution in [-0.2, 0) is 0 Å². The Morgan fingerprint density at radius 2 is 2.00 bits per heavy atom. The van der Waals surface area contributed by atoms with Crippen molar-refractivity contribution in [2.45, 2.75) is 44.4 Å². The molecule has 1 aromatic heterocycles. The summed E-state index contributed by atoms with van der Waals surface area (Å²) in [4.78, 5) is 0. The number of halogens is 3. The smallest absolute Gasteiger partial charge is 0.0991 e. The Hall–Kier alpha value is 0.570. The highest BCUT2D eigenvalue weighted by Gasteiger charge is 2.40. The zero-order valence-electron chi connectivity index (χ0n) is 9.23. The second-order valence-corrected chi connectivity index (χ2v) is 7.29. The average Bonchev–Trinajstić information content (AvgIpc) is 2.85. The molecule has 1 atom stereocenters. The summed E-state index contributed by atoms with van der Waals surface area (Å²) in [6.07, 6.45) is 6.10. The molecular formula is C12H15Cl3S. The quantitative estimate of drug-likeness (QED) is 0.574. The molecule has 0 radical (unpaired) electrons. The van der Waals surface area contributed by atoms with E-state index in [-0.39, 0.29) is 10.8 Å². The molecule has 1 unspecified atom stereocenters. The molecule has 1 heterocycles. The van der Waals surface area contributed by atoms with E-state index in [9.17, 15) is 0 Å². The van der Waals surface area contributed by atoms with E-state index in [4.69, 9.17) is 34.8 Å². The minimum atomic E-state index is 0.0104. The molecule has 0 saturated heterocycles. The van der Waals surface area contributed by atoms with Gasteiger partial charge in [0.25, 0.3) is 0 Å². The minimum Gasteiger partial charge on any atom is -0.117 e. The van der Waals surface area contributed by atoms with Crippen molar-refractivity contribution in [2.24, 2.45) is 5.41 Å². The highest BCUT2D eigenvalue weighted by Crippen LogP contribution is 2.55. The van der Waals surface area contributed by atoms with Crippen LogP contribution in [0.5, 0.6) is 0 Å². The second kappa shape index (κ2) is 5.06. The van der Waals surface area contributed by atoms with Crippen LogP contribution in [0.25, 0.3) is 0 Å². The predicted molar refractivity (Wildman–Crippen MR) is 74.1 cm³/mol. The Kier molecular flexibility index (Phi) is 4.11. The predicted octanol–water partition coefficient (Wildman–Crippen LogP) is 6.31. The summed E-state index contributed by atoms with van der Waals surface area (Å²) >= 11 is 20.2. The molecule has 0 N–H and O–H groups in total. The van der Waals surface area contributed by atoms with E-state index in [2.05, 4.69) is 6.92 Å². The summed E-state index contributed by atoms with van der Waals surface area (Å²) in [5, 5.41) is 0.0104. The van der Waals surface area contributed by atoms with E-state index >= 15 is 0 Å². The van der Waals surface area contributed by atoms with Crippen molar-refractivity contribution in [3.8, 4) is 0 Å². The third-order valence-electron chi connectivity index (χ3n) is 3.80. The maximum atomic E-state index is 6.65. The first-order chi connectivity index (χ1) is 7.59. The van der Waals surface area contributed by atoms with Crippen LogP contribution in [-0.4, -0.2) is 0 Å². The lowest BCUT2D eigenvalue weighted by atomic mass is 9.78. The summed E-state index contributed by atoms with van der Waals surface area (Å²) < 4.78 is 1.49. The topological polar surface area (TPSA) is 0 Å². The largest absolute Gasteiger partial charge is 0.117 e. The molecule has 1 aromatic rings. The van der Waals surface area contributed by atoms with Crippen LogP contribution in [0.2, 0.25) is 8.67 Å². The molecule has 90 valence electrons. The summed E-state index contributed by atoms with van der Waals surface area (Å²) in [6.45, 7) is 2.22. The monoisotopic (exact) mass is 296 g/mol. The molecule has 0 aromatic carbocycles. The summed E-state index contributed by atoms with van der Waals surface area (Å²) in [6, 6.07) is 1.93. The number of hydrogen-bond acceptors (Lipinski definition) is 1. The zero-order chi connectivity index (χ0) is 11.8. The van der Waals surface area contributed by atoms with Crippen LogP contribution in [0.15, 0.2) is 6.07 Å². The van der Waals surface area contributed by atoms with Crippen LogP contribution in [0.1, 0.15) is 50.0 Å². The maximum absolute atomic E-state index is 6.65. The summed E-state index contributed by atoms with van der Waals surface area (Å²) in [5.41, 5.74) is 1.26. The van der Waals surface area contributed by atoms with Gasteiger partial charge in [-0.3, -0.25) is 0 Å². The van der Waals surface area contributed by atoms with Gasteiger partial charge in [0.15, 0.2) is 0 Å². The molecular weight excluding hydrogens is 283 g/mol. The van der Waals surface area contributed by atoms with Crippen molar-refractivity contribution in [3.05, 3.63) is 20.3 Å². The third-order valence-corrected chi connectivity index (χ3v) is 6.01. The molecule has 0 amide bonds. The Labute approximate surface area is 116 Å². The van der Waals surface area contributed by atoms with E-state index in [1.54, 1.807) is 0 Å². The number of alkyl halides is 1. The lowest BCUT2D eigenvalue weighted by molar-refractivity contribution is 0.271. The van der Waals surface area contributed by atoms with Gasteiger partial charge >= 0.3 is 0 Å². The first kappa shape index (κ1) is 13.0. The first-order valence-corrected chi connectivity index (χ1v) is 7.69. The standard InChI is InChI=1S/C12H15Cl3S/c1-2-12(5-3-4-6-12)10(14)8-7-9(13)16-11(8)15/h7,10H,2-6H2,1H3. The molecule has 1 aliphatic carbocycles. The molecule has 0 spiro atoms. The summed E-state index contributed by atoms with van der Waals surface area (Å²) in [5.74, 6) is 0. The van der Waals surface area contributed by atoms with Crippen LogP contribution in [0, 0.1) is 5.41 Å². The van der Waals surface area contributed by atoms with Crippen molar-refractivity contribution < 1.29 is 0 Å². The van der Waals surface area contributed by atoms with Gasteiger partial charge in [-0.1, -0.05) is 43.0 Å². The zero-order valence-corrected chi connectivity index (χ0v) is 12.3. The normalized spacial score (nSPS) is 21.2. The van der Waals surface area contributed by atoms with E-state index in [0.29, 0.717) is 0 Å². The first-order valence-electron chi connectivity index (χ1n) is 5.68. The van der Waals surface area contributed by atoms with Crippen LogP contribution in [0.4, 0.5) is 0 Å². The number of hydrogen-bond donors (Lipinski definition) is 0. The number of thiophene rings is 1. The van der Waals surface area contributed by atoms with Crippen molar-refractivity contribution in [3.63, 3.8) is 0 Å². The molecule has 0 bridgehead atoms. The van der Waals surface area contributed by atoms with Gasteiger partial charge in [0.2, 0.25) is 0 Å². The summed E-state index contributed by atoms with van der Waals surface area (Å²) in [7, 11) is 0. The van der Waals surface area contributed by atoms with Crippen LogP contribution in [0.3, 0.4) is 0 Å². The van der Waals surface area contributed by atoms with E-state index < -0.39 is 0 Å². The SMILES string of the molecule is CCC1(C(Cl)c2cc(Cl)sc2Cl)CCCC1. The van der Waals surface area contributed by atoms with Gasteiger partial charge < -0.3 is 0 Å². The molecule has 16 heavy (non-hydrogen) atoms. The lowest BCUT2D eigenvalue weighted by Crippen LogP contribution is -2.21. The maximum Gasteiger partial charge on any atom is 0.0991 e. The highest BCUT2D eigenvalue weighted by atomic mass is 35.5. The molecule has 0 aliphatic heterocycles. The molecule has 2 rings (SSSR count). The van der Waals surface area contributed by atoms with Crippen LogP contribution >= 0.6 is 46.1 Å². The van der Waals surface area contributed by atoms with Gasteiger partial charge in [-0.25, -0.2) is 0 Å². The highest BCUT2D eigenvalue weighted by molar-refractivity contribution is 7.20. The third kappa shape index (κ3) is 2.25. The second-order valence-electron chi connectivity index (χ2n) is 4.57. The van der Waals surface area contributed by atoms with E-state index in [1.165, 1.54) is 37.0 Å². The van der Waals surface area contributed by atoms with Crippen molar-refractivity contribution in [2.75, 3.05) is 0 Å². The van der Waals surface area contributed by atoms with Gasteiger partial charge in [0.1, 0.15) is 0 Å². The van der Waals surface area contributed by atoms with Crippen LogP contribution < -0.4 is 0 Å². The molecule has 1 saturated carbocycles. The Bertz CT molecular complexity index is 366. The molecule has 1 aliphatic rings. The van der Waals surface area contributed by atoms with Gasteiger partial charge in [0.05, 0.1) is 14.0 Å².